The summed E-state index contributed by atoms with van der Waals surface area (Å²) in [4.78, 5) is 10.7. The number of hydrogen-bond donors (Lipinski definition) is 1. The van der Waals surface area contributed by atoms with Crippen LogP contribution in [0.15, 0.2) is 12.1 Å². The zero-order valence-electron chi connectivity index (χ0n) is 11.2. The molecule has 0 aliphatic heterocycles. The standard InChI is InChI=1S/C13H19FO3Si/c1-5-17-10-7-6-9(8-11(15)16)12(14)13(10)18(2,3)4/h6-7H,5,8H2,1-4H3,(H,15,16). The number of carboxylic acids is 1. The van der Waals surface area contributed by atoms with Gasteiger partial charge < -0.3 is 9.84 Å². The normalized spacial score (nSPS) is 11.4. The van der Waals surface area contributed by atoms with Gasteiger partial charge in [-0.3, -0.25) is 4.79 Å². The second-order valence-corrected chi connectivity index (χ2v) is 10.2. The van der Waals surface area contributed by atoms with Crippen molar-refractivity contribution in [2.45, 2.75) is 33.0 Å². The fourth-order valence-electron chi connectivity index (χ4n) is 1.88. The molecule has 1 aromatic rings. The minimum atomic E-state index is -1.94. The molecule has 0 aliphatic carbocycles. The molecule has 0 saturated carbocycles. The molecule has 0 atom stereocenters. The summed E-state index contributed by atoms with van der Waals surface area (Å²) >= 11 is 0. The average Bonchev–Trinajstić information content (AvgIpc) is 2.20. The van der Waals surface area contributed by atoms with Gasteiger partial charge in [-0.05, 0) is 18.6 Å². The van der Waals surface area contributed by atoms with Crippen molar-refractivity contribution in [1.82, 2.24) is 0 Å². The summed E-state index contributed by atoms with van der Waals surface area (Å²) in [6, 6.07) is 3.18. The molecule has 0 fully saturated rings. The van der Waals surface area contributed by atoms with Crippen molar-refractivity contribution in [3.05, 3.63) is 23.5 Å². The molecule has 0 spiro atoms. The van der Waals surface area contributed by atoms with E-state index >= 15 is 0 Å². The molecule has 3 nitrogen and oxygen atoms in total. The molecule has 0 aliphatic rings. The minimum Gasteiger partial charge on any atom is -0.494 e. The van der Waals surface area contributed by atoms with Crippen molar-refractivity contribution < 1.29 is 19.0 Å². The number of ether oxygens (including phenoxy) is 1. The van der Waals surface area contributed by atoms with Crippen molar-refractivity contribution in [1.29, 1.82) is 0 Å². The summed E-state index contributed by atoms with van der Waals surface area (Å²) < 4.78 is 19.9. The number of hydrogen-bond acceptors (Lipinski definition) is 2. The summed E-state index contributed by atoms with van der Waals surface area (Å²) in [7, 11) is -1.94. The minimum absolute atomic E-state index is 0.225. The fraction of sp³-hybridized carbons (Fsp3) is 0.462. The lowest BCUT2D eigenvalue weighted by molar-refractivity contribution is -0.136. The van der Waals surface area contributed by atoms with Gasteiger partial charge in [0.1, 0.15) is 11.6 Å². The van der Waals surface area contributed by atoms with Gasteiger partial charge in [0.05, 0.1) is 21.1 Å². The van der Waals surface area contributed by atoms with E-state index in [1.165, 1.54) is 6.07 Å². The fourth-order valence-corrected chi connectivity index (χ4v) is 3.59. The molecule has 0 amide bonds. The zero-order valence-corrected chi connectivity index (χ0v) is 12.2. The lowest BCUT2D eigenvalue weighted by Crippen LogP contribution is -2.42. The zero-order chi connectivity index (χ0) is 13.9. The highest BCUT2D eigenvalue weighted by Crippen LogP contribution is 2.20. The molecular weight excluding hydrogens is 251 g/mol. The van der Waals surface area contributed by atoms with Gasteiger partial charge in [0.2, 0.25) is 0 Å². The van der Waals surface area contributed by atoms with E-state index in [9.17, 15) is 9.18 Å². The van der Waals surface area contributed by atoms with Crippen LogP contribution >= 0.6 is 0 Å². The summed E-state index contributed by atoms with van der Waals surface area (Å²) in [5.74, 6) is -0.898. The van der Waals surface area contributed by atoms with Gasteiger partial charge in [0.15, 0.2) is 0 Å². The SMILES string of the molecule is CCOc1ccc(CC(=O)O)c(F)c1[Si](C)(C)C. The maximum absolute atomic E-state index is 14.4. The molecule has 0 aromatic heterocycles. The summed E-state index contributed by atoms with van der Waals surface area (Å²) in [6.45, 7) is 8.35. The van der Waals surface area contributed by atoms with Crippen LogP contribution in [0.2, 0.25) is 19.6 Å². The Bertz CT molecular complexity index is 452. The number of halogens is 1. The molecule has 0 radical (unpaired) electrons. The predicted octanol–water partition coefficient (Wildman–Crippen LogP) is 2.40. The number of benzene rings is 1. The van der Waals surface area contributed by atoms with Crippen molar-refractivity contribution in [3.63, 3.8) is 0 Å². The first-order valence-electron chi connectivity index (χ1n) is 5.93. The lowest BCUT2D eigenvalue weighted by atomic mass is 10.1. The largest absolute Gasteiger partial charge is 0.494 e. The molecule has 100 valence electrons. The van der Waals surface area contributed by atoms with Gasteiger partial charge >= 0.3 is 5.97 Å². The first-order valence-corrected chi connectivity index (χ1v) is 9.43. The molecule has 1 aromatic carbocycles. The van der Waals surface area contributed by atoms with E-state index in [0.717, 1.165) is 0 Å². The van der Waals surface area contributed by atoms with E-state index in [-0.39, 0.29) is 12.0 Å². The monoisotopic (exact) mass is 270 g/mol. The maximum atomic E-state index is 14.4. The van der Waals surface area contributed by atoms with Crippen LogP contribution < -0.4 is 9.92 Å². The van der Waals surface area contributed by atoms with Crippen molar-refractivity contribution in [2.75, 3.05) is 6.61 Å². The van der Waals surface area contributed by atoms with Gasteiger partial charge in [-0.2, -0.15) is 0 Å². The molecule has 0 unspecified atom stereocenters. The Morgan fingerprint density at radius 3 is 2.44 bits per heavy atom. The van der Waals surface area contributed by atoms with E-state index in [2.05, 4.69) is 0 Å². The van der Waals surface area contributed by atoms with Crippen LogP contribution in [0, 0.1) is 5.82 Å². The second kappa shape index (κ2) is 5.52. The first kappa shape index (κ1) is 14.7. The molecule has 18 heavy (non-hydrogen) atoms. The lowest BCUT2D eigenvalue weighted by Gasteiger charge is -2.22. The molecule has 0 heterocycles. The third-order valence-electron chi connectivity index (χ3n) is 2.58. The van der Waals surface area contributed by atoms with Crippen LogP contribution in [0.1, 0.15) is 12.5 Å². The number of aliphatic carboxylic acids is 1. The Labute approximate surface area is 108 Å². The van der Waals surface area contributed by atoms with Crippen LogP contribution in [0.3, 0.4) is 0 Å². The third kappa shape index (κ3) is 3.32. The molecule has 1 N–H and O–H groups in total. The van der Waals surface area contributed by atoms with Crippen LogP contribution in [0.4, 0.5) is 4.39 Å². The Morgan fingerprint density at radius 1 is 1.39 bits per heavy atom. The van der Waals surface area contributed by atoms with Crippen LogP contribution in [-0.4, -0.2) is 25.8 Å². The van der Waals surface area contributed by atoms with E-state index in [4.69, 9.17) is 9.84 Å². The van der Waals surface area contributed by atoms with Crippen LogP contribution in [0.5, 0.6) is 5.75 Å². The number of carboxylic acid groups (broad SMARTS) is 1. The quantitative estimate of drug-likeness (QED) is 0.836. The number of carbonyl (C=O) groups is 1. The molecular formula is C13H19FO3Si. The Hall–Kier alpha value is -1.36. The molecule has 1 rings (SSSR count). The highest BCUT2D eigenvalue weighted by Gasteiger charge is 2.27. The van der Waals surface area contributed by atoms with Gasteiger partial charge in [-0.15, -0.1) is 0 Å². The molecule has 0 bridgehead atoms. The highest BCUT2D eigenvalue weighted by atomic mass is 28.3. The molecule has 0 saturated heterocycles. The van der Waals surface area contributed by atoms with E-state index < -0.39 is 19.9 Å². The van der Waals surface area contributed by atoms with Crippen LogP contribution in [0.25, 0.3) is 0 Å². The highest BCUT2D eigenvalue weighted by molar-refractivity contribution is 6.89. The summed E-state index contributed by atoms with van der Waals surface area (Å²) in [5.41, 5.74) is 0.225. The maximum Gasteiger partial charge on any atom is 0.307 e. The third-order valence-corrected chi connectivity index (χ3v) is 4.54. The van der Waals surface area contributed by atoms with Gasteiger partial charge in [-0.25, -0.2) is 4.39 Å². The smallest absolute Gasteiger partial charge is 0.307 e. The van der Waals surface area contributed by atoms with Crippen molar-refractivity contribution in [3.8, 4) is 5.75 Å². The Morgan fingerprint density at radius 2 is 2.00 bits per heavy atom. The topological polar surface area (TPSA) is 46.5 Å². The van der Waals surface area contributed by atoms with Gasteiger partial charge in [0.25, 0.3) is 0 Å². The Balaban J connectivity index is 3.35. The van der Waals surface area contributed by atoms with E-state index in [1.54, 1.807) is 6.07 Å². The number of rotatable bonds is 5. The summed E-state index contributed by atoms with van der Waals surface area (Å²) in [6.07, 6.45) is -0.296. The van der Waals surface area contributed by atoms with E-state index in [1.807, 2.05) is 26.6 Å². The van der Waals surface area contributed by atoms with Crippen molar-refractivity contribution >= 4 is 19.2 Å². The second-order valence-electron chi connectivity index (χ2n) is 5.17. The predicted molar refractivity (Wildman–Crippen MR) is 71.9 cm³/mol. The van der Waals surface area contributed by atoms with E-state index in [0.29, 0.717) is 17.5 Å². The van der Waals surface area contributed by atoms with Gasteiger partial charge in [0, 0.05) is 5.19 Å². The average molecular weight is 270 g/mol. The summed E-state index contributed by atoms with van der Waals surface area (Å²) in [5, 5.41) is 9.34. The Kier molecular flexibility index (Phi) is 4.51. The first-order chi connectivity index (χ1) is 8.27. The van der Waals surface area contributed by atoms with Crippen molar-refractivity contribution in [2.24, 2.45) is 0 Å². The van der Waals surface area contributed by atoms with Crippen LogP contribution in [-0.2, 0) is 11.2 Å². The molecule has 5 heteroatoms. The van der Waals surface area contributed by atoms with Gasteiger partial charge in [-0.1, -0.05) is 25.7 Å².